The monoisotopic (exact) mass is 276 g/mol. The van der Waals surface area contributed by atoms with E-state index < -0.39 is 0 Å². The van der Waals surface area contributed by atoms with Crippen LogP contribution in [-0.2, 0) is 4.74 Å². The van der Waals surface area contributed by atoms with Gasteiger partial charge in [0.1, 0.15) is 0 Å². The third-order valence-corrected chi connectivity index (χ3v) is 4.25. The van der Waals surface area contributed by atoms with E-state index in [1.165, 1.54) is 11.3 Å². The van der Waals surface area contributed by atoms with Crippen molar-refractivity contribution in [2.45, 2.75) is 45.3 Å². The smallest absolute Gasteiger partial charge is 0.0608 e. The minimum atomic E-state index is 0.441. The van der Waals surface area contributed by atoms with Crippen molar-refractivity contribution in [1.29, 1.82) is 0 Å². The molecule has 0 amide bonds. The second kappa shape index (κ2) is 7.65. The number of hydrogen-bond donors (Lipinski definition) is 1. The minimum Gasteiger partial charge on any atom is -0.378 e. The van der Waals surface area contributed by atoms with Crippen molar-refractivity contribution in [1.82, 2.24) is 5.32 Å². The summed E-state index contributed by atoms with van der Waals surface area (Å²) in [7, 11) is 2.05. The van der Waals surface area contributed by atoms with Crippen molar-refractivity contribution in [3.63, 3.8) is 0 Å². The second-order valence-electron chi connectivity index (χ2n) is 5.45. The summed E-state index contributed by atoms with van der Waals surface area (Å²) < 4.78 is 5.75. The predicted octanol–water partition coefficient (Wildman–Crippen LogP) is 3.36. The molecule has 1 N–H and O–H groups in total. The molecule has 112 valence electrons. The van der Waals surface area contributed by atoms with Crippen LogP contribution in [0.3, 0.4) is 0 Å². The van der Waals surface area contributed by atoms with Gasteiger partial charge in [-0.2, -0.15) is 0 Å². The number of ether oxygens (including phenoxy) is 1. The summed E-state index contributed by atoms with van der Waals surface area (Å²) in [6.45, 7) is 7.35. The average Bonchev–Trinajstić information content (AvgIpc) is 2.50. The molecular weight excluding hydrogens is 248 g/mol. The lowest BCUT2D eigenvalue weighted by Gasteiger charge is -2.35. The number of rotatable bonds is 6. The van der Waals surface area contributed by atoms with Crippen LogP contribution in [-0.4, -0.2) is 32.8 Å². The first-order valence-electron chi connectivity index (χ1n) is 7.92. The number of piperidine rings is 1. The number of hydrogen-bond acceptors (Lipinski definition) is 3. The summed E-state index contributed by atoms with van der Waals surface area (Å²) in [6.07, 6.45) is 3.84. The van der Waals surface area contributed by atoms with Gasteiger partial charge in [0, 0.05) is 31.4 Å². The molecule has 0 saturated carbocycles. The van der Waals surface area contributed by atoms with Gasteiger partial charge in [0.15, 0.2) is 0 Å². The maximum atomic E-state index is 5.75. The maximum absolute atomic E-state index is 5.75. The number of nitrogens with zero attached hydrogens (tertiary/aromatic N) is 1. The molecule has 0 spiro atoms. The first-order chi connectivity index (χ1) is 9.80. The Morgan fingerprint density at radius 3 is 2.55 bits per heavy atom. The van der Waals surface area contributed by atoms with E-state index in [2.05, 4.69) is 48.3 Å². The first kappa shape index (κ1) is 15.3. The molecule has 1 atom stereocenters. The highest BCUT2D eigenvalue weighted by Crippen LogP contribution is 2.30. The van der Waals surface area contributed by atoms with Gasteiger partial charge in [0.05, 0.1) is 6.10 Å². The number of anilines is 1. The van der Waals surface area contributed by atoms with Gasteiger partial charge in [-0.15, -0.1) is 0 Å². The Balaban J connectivity index is 2.09. The van der Waals surface area contributed by atoms with Crippen LogP contribution in [0.2, 0.25) is 0 Å². The number of para-hydroxylation sites is 1. The van der Waals surface area contributed by atoms with Gasteiger partial charge in [0.2, 0.25) is 0 Å². The topological polar surface area (TPSA) is 24.5 Å². The van der Waals surface area contributed by atoms with Crippen LogP contribution < -0.4 is 10.2 Å². The SMILES string of the molecule is CCOC1CCN(c2ccccc2C(CC)NC)CC1. The number of nitrogens with one attached hydrogen (secondary N) is 1. The Hall–Kier alpha value is -1.06. The Bertz CT molecular complexity index is 396. The molecule has 0 bridgehead atoms. The van der Waals surface area contributed by atoms with Crippen molar-refractivity contribution in [3.05, 3.63) is 29.8 Å². The zero-order valence-corrected chi connectivity index (χ0v) is 13.1. The van der Waals surface area contributed by atoms with E-state index in [0.717, 1.165) is 39.0 Å². The van der Waals surface area contributed by atoms with Gasteiger partial charge in [0.25, 0.3) is 0 Å². The highest BCUT2D eigenvalue weighted by molar-refractivity contribution is 5.55. The average molecular weight is 276 g/mol. The van der Waals surface area contributed by atoms with Crippen LogP contribution in [0.5, 0.6) is 0 Å². The van der Waals surface area contributed by atoms with E-state index in [1.54, 1.807) is 0 Å². The molecule has 1 fully saturated rings. The van der Waals surface area contributed by atoms with Crippen molar-refractivity contribution in [3.8, 4) is 0 Å². The molecule has 0 radical (unpaired) electrons. The van der Waals surface area contributed by atoms with Crippen molar-refractivity contribution >= 4 is 5.69 Å². The van der Waals surface area contributed by atoms with Crippen molar-refractivity contribution in [2.75, 3.05) is 31.6 Å². The van der Waals surface area contributed by atoms with Gasteiger partial charge in [-0.05, 0) is 44.9 Å². The van der Waals surface area contributed by atoms with Gasteiger partial charge < -0.3 is 15.0 Å². The van der Waals surface area contributed by atoms with Gasteiger partial charge in [-0.3, -0.25) is 0 Å². The van der Waals surface area contributed by atoms with E-state index in [4.69, 9.17) is 4.74 Å². The van der Waals surface area contributed by atoms with Crippen LogP contribution in [0.15, 0.2) is 24.3 Å². The lowest BCUT2D eigenvalue weighted by molar-refractivity contribution is 0.0459. The van der Waals surface area contributed by atoms with Crippen LogP contribution in [0.25, 0.3) is 0 Å². The number of benzene rings is 1. The molecule has 1 aliphatic heterocycles. The quantitative estimate of drug-likeness (QED) is 0.862. The summed E-state index contributed by atoms with van der Waals surface area (Å²) in [5.41, 5.74) is 2.82. The molecule has 1 aliphatic rings. The summed E-state index contributed by atoms with van der Waals surface area (Å²) in [6, 6.07) is 9.25. The van der Waals surface area contributed by atoms with E-state index in [0.29, 0.717) is 12.1 Å². The zero-order chi connectivity index (χ0) is 14.4. The van der Waals surface area contributed by atoms with Crippen molar-refractivity contribution in [2.24, 2.45) is 0 Å². The normalized spacial score (nSPS) is 18.2. The Morgan fingerprint density at radius 2 is 1.95 bits per heavy atom. The fourth-order valence-electron chi connectivity index (χ4n) is 3.15. The van der Waals surface area contributed by atoms with Crippen LogP contribution >= 0.6 is 0 Å². The Labute approximate surface area is 123 Å². The van der Waals surface area contributed by atoms with Crippen LogP contribution in [0.1, 0.15) is 44.7 Å². The minimum absolute atomic E-state index is 0.441. The van der Waals surface area contributed by atoms with E-state index in [1.807, 2.05) is 7.05 Å². The molecule has 2 rings (SSSR count). The maximum Gasteiger partial charge on any atom is 0.0608 e. The summed E-state index contributed by atoms with van der Waals surface area (Å²) in [4.78, 5) is 2.52. The van der Waals surface area contributed by atoms with Crippen molar-refractivity contribution < 1.29 is 4.74 Å². The lowest BCUT2D eigenvalue weighted by atomic mass is 9.99. The highest BCUT2D eigenvalue weighted by Gasteiger charge is 2.22. The molecule has 1 aromatic carbocycles. The van der Waals surface area contributed by atoms with E-state index in [-0.39, 0.29) is 0 Å². The molecule has 3 nitrogen and oxygen atoms in total. The Morgan fingerprint density at radius 1 is 1.25 bits per heavy atom. The predicted molar refractivity (Wildman–Crippen MR) is 85.4 cm³/mol. The third kappa shape index (κ3) is 3.53. The molecule has 0 aliphatic carbocycles. The zero-order valence-electron chi connectivity index (χ0n) is 13.1. The summed E-state index contributed by atoms with van der Waals surface area (Å²) >= 11 is 0. The molecule has 1 saturated heterocycles. The second-order valence-corrected chi connectivity index (χ2v) is 5.45. The third-order valence-electron chi connectivity index (χ3n) is 4.25. The standard InChI is InChI=1S/C17H28N2O/c1-4-16(18-3)15-8-6-7-9-17(15)19-12-10-14(11-13-19)20-5-2/h6-9,14,16,18H,4-5,10-13H2,1-3H3. The molecular formula is C17H28N2O. The molecule has 1 heterocycles. The first-order valence-corrected chi connectivity index (χ1v) is 7.92. The molecule has 20 heavy (non-hydrogen) atoms. The van der Waals surface area contributed by atoms with Gasteiger partial charge in [-0.25, -0.2) is 0 Å². The summed E-state index contributed by atoms with van der Waals surface area (Å²) in [5.74, 6) is 0. The fraction of sp³-hybridized carbons (Fsp3) is 0.647. The molecule has 3 heteroatoms. The lowest BCUT2D eigenvalue weighted by Crippen LogP contribution is -2.38. The van der Waals surface area contributed by atoms with Crippen LogP contribution in [0.4, 0.5) is 5.69 Å². The summed E-state index contributed by atoms with van der Waals surface area (Å²) in [5, 5.41) is 3.43. The molecule has 0 aromatic heterocycles. The highest BCUT2D eigenvalue weighted by atomic mass is 16.5. The van der Waals surface area contributed by atoms with Gasteiger partial charge >= 0.3 is 0 Å². The van der Waals surface area contributed by atoms with E-state index >= 15 is 0 Å². The van der Waals surface area contributed by atoms with Crippen LogP contribution in [0, 0.1) is 0 Å². The van der Waals surface area contributed by atoms with E-state index in [9.17, 15) is 0 Å². The largest absolute Gasteiger partial charge is 0.378 e. The molecule has 1 aromatic rings. The molecule has 1 unspecified atom stereocenters. The fourth-order valence-corrected chi connectivity index (χ4v) is 3.15. The Kier molecular flexibility index (Phi) is 5.86. The van der Waals surface area contributed by atoms with Gasteiger partial charge in [-0.1, -0.05) is 25.1 Å².